The first kappa shape index (κ1) is 19.4. The van der Waals surface area contributed by atoms with Crippen LogP contribution < -0.4 is 0 Å². The Labute approximate surface area is 140 Å². The van der Waals surface area contributed by atoms with Crippen LogP contribution in [0.15, 0.2) is 12.1 Å². The highest BCUT2D eigenvalue weighted by Gasteiger charge is 2.37. The SMILES string of the molecule is Cc1cc(C)c(C(=O)C(C(C)C)C(CC(C)C)C(=O)O)c(C)c1. The van der Waals surface area contributed by atoms with Crippen molar-refractivity contribution in [3.05, 3.63) is 34.4 Å². The van der Waals surface area contributed by atoms with Crippen molar-refractivity contribution in [3.63, 3.8) is 0 Å². The Kier molecular flexibility index (Phi) is 6.55. The number of rotatable bonds is 7. The average Bonchev–Trinajstić information content (AvgIpc) is 2.35. The van der Waals surface area contributed by atoms with E-state index >= 15 is 0 Å². The van der Waals surface area contributed by atoms with Crippen molar-refractivity contribution < 1.29 is 14.7 Å². The molecule has 0 aliphatic carbocycles. The molecule has 2 unspecified atom stereocenters. The maximum absolute atomic E-state index is 13.2. The minimum absolute atomic E-state index is 0.0116. The molecular formula is C20H30O3. The third-order valence-corrected chi connectivity index (χ3v) is 4.42. The molecule has 0 aliphatic rings. The third kappa shape index (κ3) is 4.66. The van der Waals surface area contributed by atoms with Gasteiger partial charge in [0.25, 0.3) is 0 Å². The van der Waals surface area contributed by atoms with Crippen LogP contribution in [0.5, 0.6) is 0 Å². The van der Waals surface area contributed by atoms with Gasteiger partial charge in [0.15, 0.2) is 5.78 Å². The molecular weight excluding hydrogens is 288 g/mol. The van der Waals surface area contributed by atoms with Gasteiger partial charge < -0.3 is 5.11 Å². The number of ketones is 1. The van der Waals surface area contributed by atoms with Gasteiger partial charge in [-0.2, -0.15) is 0 Å². The van der Waals surface area contributed by atoms with Crippen LogP contribution in [-0.4, -0.2) is 16.9 Å². The summed E-state index contributed by atoms with van der Waals surface area (Å²) in [7, 11) is 0. The van der Waals surface area contributed by atoms with Crippen LogP contribution in [0.1, 0.15) is 61.2 Å². The summed E-state index contributed by atoms with van der Waals surface area (Å²) in [6, 6.07) is 3.99. The molecule has 1 aromatic rings. The Morgan fingerprint density at radius 1 is 1.00 bits per heavy atom. The zero-order valence-corrected chi connectivity index (χ0v) is 15.4. The molecule has 0 saturated heterocycles. The second-order valence-corrected chi connectivity index (χ2v) is 7.48. The first-order valence-electron chi connectivity index (χ1n) is 8.41. The fourth-order valence-electron chi connectivity index (χ4n) is 3.59. The molecule has 2 atom stereocenters. The molecule has 0 fully saturated rings. The van der Waals surface area contributed by atoms with E-state index in [1.54, 1.807) is 0 Å². The lowest BCUT2D eigenvalue weighted by Gasteiger charge is -2.28. The Bertz CT molecular complexity index is 562. The van der Waals surface area contributed by atoms with Crippen LogP contribution in [-0.2, 0) is 4.79 Å². The van der Waals surface area contributed by atoms with Crippen molar-refractivity contribution in [2.45, 2.75) is 54.9 Å². The van der Waals surface area contributed by atoms with Gasteiger partial charge in [0.1, 0.15) is 0 Å². The molecule has 128 valence electrons. The molecule has 0 spiro atoms. The zero-order valence-electron chi connectivity index (χ0n) is 15.4. The van der Waals surface area contributed by atoms with Gasteiger partial charge in [-0.25, -0.2) is 0 Å². The molecule has 3 heteroatoms. The summed E-state index contributed by atoms with van der Waals surface area (Å²) in [6.45, 7) is 13.8. The Hall–Kier alpha value is -1.64. The van der Waals surface area contributed by atoms with Gasteiger partial charge in [-0.15, -0.1) is 0 Å². The number of carboxylic acid groups (broad SMARTS) is 1. The highest BCUT2D eigenvalue weighted by molar-refractivity contribution is 6.02. The smallest absolute Gasteiger partial charge is 0.307 e. The maximum Gasteiger partial charge on any atom is 0.307 e. The van der Waals surface area contributed by atoms with Crippen molar-refractivity contribution in [3.8, 4) is 0 Å². The van der Waals surface area contributed by atoms with Crippen molar-refractivity contribution in [2.75, 3.05) is 0 Å². The Morgan fingerprint density at radius 2 is 1.48 bits per heavy atom. The topological polar surface area (TPSA) is 54.4 Å². The van der Waals surface area contributed by atoms with E-state index in [0.717, 1.165) is 16.7 Å². The van der Waals surface area contributed by atoms with Crippen molar-refractivity contribution in [1.29, 1.82) is 0 Å². The van der Waals surface area contributed by atoms with E-state index in [0.29, 0.717) is 12.0 Å². The summed E-state index contributed by atoms with van der Waals surface area (Å²) in [5.74, 6) is -1.79. The normalized spacial score (nSPS) is 14.1. The van der Waals surface area contributed by atoms with Gasteiger partial charge >= 0.3 is 5.97 Å². The number of benzene rings is 1. The first-order chi connectivity index (χ1) is 10.6. The summed E-state index contributed by atoms with van der Waals surface area (Å²) < 4.78 is 0. The number of aryl methyl sites for hydroxylation is 3. The monoisotopic (exact) mass is 318 g/mol. The minimum Gasteiger partial charge on any atom is -0.481 e. The third-order valence-electron chi connectivity index (χ3n) is 4.42. The number of aliphatic carboxylic acids is 1. The van der Waals surface area contributed by atoms with Gasteiger partial charge in [-0.3, -0.25) is 9.59 Å². The van der Waals surface area contributed by atoms with Crippen LogP contribution >= 0.6 is 0 Å². The molecule has 0 amide bonds. The predicted octanol–water partition coefficient (Wildman–Crippen LogP) is 4.81. The van der Waals surface area contributed by atoms with Gasteiger partial charge in [0.2, 0.25) is 0 Å². The minimum atomic E-state index is -0.867. The quantitative estimate of drug-likeness (QED) is 0.734. The van der Waals surface area contributed by atoms with Crippen LogP contribution in [0.4, 0.5) is 0 Å². The predicted molar refractivity (Wildman–Crippen MR) is 93.9 cm³/mol. The molecule has 1 rings (SSSR count). The van der Waals surface area contributed by atoms with E-state index in [4.69, 9.17) is 0 Å². The number of carbonyl (C=O) groups excluding carboxylic acids is 1. The summed E-state index contributed by atoms with van der Waals surface area (Å²) >= 11 is 0. The van der Waals surface area contributed by atoms with E-state index in [9.17, 15) is 14.7 Å². The fraction of sp³-hybridized carbons (Fsp3) is 0.600. The molecule has 1 N–H and O–H groups in total. The largest absolute Gasteiger partial charge is 0.481 e. The van der Waals surface area contributed by atoms with Crippen LogP contribution in [0.25, 0.3) is 0 Å². The lowest BCUT2D eigenvalue weighted by molar-refractivity contribution is -0.144. The standard InChI is InChI=1S/C20H30O3/c1-11(2)8-16(20(22)23)17(12(3)4)19(21)18-14(6)9-13(5)10-15(18)7/h9-12,16-17H,8H2,1-7H3,(H,22,23). The molecule has 0 aliphatic heterocycles. The second-order valence-electron chi connectivity index (χ2n) is 7.48. The maximum atomic E-state index is 13.2. The fourth-order valence-corrected chi connectivity index (χ4v) is 3.59. The van der Waals surface area contributed by atoms with Gasteiger partial charge in [0, 0.05) is 11.5 Å². The first-order valence-corrected chi connectivity index (χ1v) is 8.41. The number of carbonyl (C=O) groups is 2. The van der Waals surface area contributed by atoms with E-state index in [2.05, 4.69) is 0 Å². The van der Waals surface area contributed by atoms with Crippen LogP contribution in [0.3, 0.4) is 0 Å². The van der Waals surface area contributed by atoms with Crippen molar-refractivity contribution in [2.24, 2.45) is 23.7 Å². The Balaban J connectivity index is 3.35. The highest BCUT2D eigenvalue weighted by Crippen LogP contribution is 2.32. The lowest BCUT2D eigenvalue weighted by atomic mass is 9.73. The molecule has 0 radical (unpaired) electrons. The summed E-state index contributed by atoms with van der Waals surface area (Å²) in [4.78, 5) is 25.0. The van der Waals surface area contributed by atoms with Crippen LogP contribution in [0.2, 0.25) is 0 Å². The van der Waals surface area contributed by atoms with E-state index in [1.807, 2.05) is 60.6 Å². The second kappa shape index (κ2) is 7.76. The van der Waals surface area contributed by atoms with Gasteiger partial charge in [-0.05, 0) is 50.2 Å². The molecule has 1 aromatic carbocycles. The number of hydrogen-bond donors (Lipinski definition) is 1. The lowest BCUT2D eigenvalue weighted by Crippen LogP contribution is -2.35. The van der Waals surface area contributed by atoms with Gasteiger partial charge in [-0.1, -0.05) is 45.4 Å². The number of carboxylic acids is 1. The van der Waals surface area contributed by atoms with Crippen molar-refractivity contribution in [1.82, 2.24) is 0 Å². The van der Waals surface area contributed by atoms with E-state index < -0.39 is 17.8 Å². The molecule has 0 aromatic heterocycles. The van der Waals surface area contributed by atoms with Crippen molar-refractivity contribution >= 4 is 11.8 Å². The molecule has 0 bridgehead atoms. The summed E-state index contributed by atoms with van der Waals surface area (Å²) in [5.41, 5.74) is 3.69. The Morgan fingerprint density at radius 3 is 1.83 bits per heavy atom. The number of hydrogen-bond acceptors (Lipinski definition) is 2. The highest BCUT2D eigenvalue weighted by atomic mass is 16.4. The molecule has 3 nitrogen and oxygen atoms in total. The molecule has 0 saturated carbocycles. The number of Topliss-reactive ketones (excluding diaryl/α,β-unsaturated/α-hetero) is 1. The van der Waals surface area contributed by atoms with Gasteiger partial charge in [0.05, 0.1) is 5.92 Å². The molecule has 0 heterocycles. The van der Waals surface area contributed by atoms with E-state index in [1.165, 1.54) is 0 Å². The average molecular weight is 318 g/mol. The summed E-state index contributed by atoms with van der Waals surface area (Å²) in [6.07, 6.45) is 0.522. The van der Waals surface area contributed by atoms with E-state index in [-0.39, 0.29) is 17.6 Å². The summed E-state index contributed by atoms with van der Waals surface area (Å²) in [5, 5.41) is 9.67. The van der Waals surface area contributed by atoms with Crippen LogP contribution in [0, 0.1) is 44.4 Å². The molecule has 23 heavy (non-hydrogen) atoms. The zero-order chi connectivity index (χ0) is 17.9.